The van der Waals surface area contributed by atoms with Crippen LogP contribution in [0.1, 0.15) is 23.0 Å². The molecule has 1 aromatic heterocycles. The second kappa shape index (κ2) is 8.61. The third-order valence-corrected chi connectivity index (χ3v) is 2.73. The summed E-state index contributed by atoms with van der Waals surface area (Å²) in [6.45, 7) is 4.77. The number of hydrogen-bond donors (Lipinski definition) is 1. The van der Waals surface area contributed by atoms with Gasteiger partial charge in [-0.2, -0.15) is 12.8 Å². The zero-order valence-corrected chi connectivity index (χ0v) is 14.9. The van der Waals surface area contributed by atoms with Gasteiger partial charge in [0.25, 0.3) is 0 Å². The smallest absolute Gasteiger partial charge is 0.159 e. The Morgan fingerprint density at radius 3 is 2.73 bits per heavy atom. The average Bonchev–Trinajstić information content (AvgIpc) is 2.94. The Bertz CT molecular complexity index is 716. The zero-order valence-electron chi connectivity index (χ0n) is 12.1. The number of furan rings is 1. The van der Waals surface area contributed by atoms with Gasteiger partial charge in [-0.3, -0.25) is 10.9 Å². The number of rotatable bonds is 5. The van der Waals surface area contributed by atoms with Crippen LogP contribution in [0.5, 0.6) is 0 Å². The fourth-order valence-electron chi connectivity index (χ4n) is 1.73. The van der Waals surface area contributed by atoms with Crippen molar-refractivity contribution in [1.29, 1.82) is 0 Å². The molecule has 0 aliphatic heterocycles. The Kier molecular flexibility index (Phi) is 7.16. The summed E-state index contributed by atoms with van der Waals surface area (Å²) in [5, 5.41) is 2.25. The number of amides is 1. The van der Waals surface area contributed by atoms with Crippen LogP contribution < -0.4 is 5.32 Å². The molecular formula is C17H13NO3Y-2. The summed E-state index contributed by atoms with van der Waals surface area (Å²) in [6, 6.07) is 10.6. The number of benzene rings is 1. The van der Waals surface area contributed by atoms with Gasteiger partial charge in [0, 0.05) is 43.8 Å². The van der Waals surface area contributed by atoms with E-state index in [1.807, 2.05) is 6.07 Å². The van der Waals surface area contributed by atoms with Crippen molar-refractivity contribution < 1.29 is 46.7 Å². The molecule has 5 heteroatoms. The molecule has 1 heterocycles. The maximum Gasteiger partial charge on any atom is 0.159 e. The van der Waals surface area contributed by atoms with Crippen molar-refractivity contribution in [3.63, 3.8) is 0 Å². The van der Waals surface area contributed by atoms with Crippen LogP contribution in [0.4, 0.5) is 0 Å². The van der Waals surface area contributed by atoms with Crippen molar-refractivity contribution >= 4 is 17.8 Å². The van der Waals surface area contributed by atoms with Gasteiger partial charge < -0.3 is 14.5 Å². The molecule has 2 aromatic rings. The van der Waals surface area contributed by atoms with E-state index in [4.69, 9.17) is 4.42 Å². The van der Waals surface area contributed by atoms with E-state index >= 15 is 0 Å². The molecule has 109 valence electrons. The second-order valence-corrected chi connectivity index (χ2v) is 4.26. The van der Waals surface area contributed by atoms with Crippen molar-refractivity contribution in [3.8, 4) is 11.3 Å². The molecule has 1 N–H and O–H groups in total. The summed E-state index contributed by atoms with van der Waals surface area (Å²) in [5.41, 5.74) is 1.42. The van der Waals surface area contributed by atoms with Crippen LogP contribution in [0, 0.1) is 12.3 Å². The molecule has 0 bridgehead atoms. The van der Waals surface area contributed by atoms with Crippen LogP contribution in [0.15, 0.2) is 47.4 Å². The minimum atomic E-state index is -0.457. The van der Waals surface area contributed by atoms with Crippen LogP contribution in [0.2, 0.25) is 0 Å². The first kappa shape index (κ1) is 18.3. The summed E-state index contributed by atoms with van der Waals surface area (Å²) >= 11 is 0. The number of hydrogen-bond acceptors (Lipinski definition) is 3. The maximum atomic E-state index is 11.4. The van der Waals surface area contributed by atoms with Gasteiger partial charge in [0.2, 0.25) is 0 Å². The molecule has 4 nitrogen and oxygen atoms in total. The Hall–Kier alpha value is -1.78. The predicted molar refractivity (Wildman–Crippen MR) is 78.9 cm³/mol. The van der Waals surface area contributed by atoms with Gasteiger partial charge in [0.15, 0.2) is 5.78 Å². The van der Waals surface area contributed by atoms with E-state index in [1.54, 1.807) is 30.3 Å². The first-order valence-corrected chi connectivity index (χ1v) is 6.23. The van der Waals surface area contributed by atoms with Gasteiger partial charge in [0.1, 0.15) is 5.76 Å². The van der Waals surface area contributed by atoms with E-state index in [2.05, 4.69) is 24.2 Å². The summed E-state index contributed by atoms with van der Waals surface area (Å²) in [6.07, 6.45) is 6.15. The molecule has 0 saturated carbocycles. The summed E-state index contributed by atoms with van der Waals surface area (Å²) in [4.78, 5) is 22.5. The molecule has 0 unspecified atom stereocenters. The number of carbonyl (C=O) groups excluding carboxylic acids is 2. The quantitative estimate of drug-likeness (QED) is 0.382. The van der Waals surface area contributed by atoms with Crippen molar-refractivity contribution in [3.05, 3.63) is 66.6 Å². The first-order chi connectivity index (χ1) is 10.1. The molecule has 0 aliphatic rings. The molecule has 0 spiro atoms. The van der Waals surface area contributed by atoms with Gasteiger partial charge in [0.05, 0.1) is 0 Å². The van der Waals surface area contributed by atoms with Gasteiger partial charge in [-0.05, 0) is 30.7 Å². The van der Waals surface area contributed by atoms with Gasteiger partial charge >= 0.3 is 0 Å². The van der Waals surface area contributed by atoms with Gasteiger partial charge in [-0.15, -0.1) is 0 Å². The van der Waals surface area contributed by atoms with Crippen LogP contribution in [0.25, 0.3) is 17.4 Å². The van der Waals surface area contributed by atoms with Crippen LogP contribution >= 0.6 is 0 Å². The Morgan fingerprint density at radius 1 is 1.27 bits per heavy atom. The fourth-order valence-corrected chi connectivity index (χ4v) is 1.73. The molecular weight excluding hydrogens is 355 g/mol. The summed E-state index contributed by atoms with van der Waals surface area (Å²) in [7, 11) is 0. The van der Waals surface area contributed by atoms with Gasteiger partial charge in [-0.1, -0.05) is 24.3 Å². The van der Waals surface area contributed by atoms with Crippen LogP contribution in [0.3, 0.4) is 0 Å². The van der Waals surface area contributed by atoms with Crippen LogP contribution in [-0.2, 0) is 37.5 Å². The van der Waals surface area contributed by atoms with E-state index in [0.29, 0.717) is 17.1 Å². The topological polar surface area (TPSA) is 59.3 Å². The molecule has 0 saturated heterocycles. The zero-order chi connectivity index (χ0) is 15.2. The largest absolute Gasteiger partial charge is 0.545 e. The number of ketones is 1. The van der Waals surface area contributed by atoms with E-state index < -0.39 is 5.91 Å². The minimum absolute atomic E-state index is 0. The predicted octanol–water partition coefficient (Wildman–Crippen LogP) is 3.03. The van der Waals surface area contributed by atoms with Crippen molar-refractivity contribution in [2.45, 2.75) is 6.92 Å². The Balaban J connectivity index is 0.00000242. The Labute approximate surface area is 154 Å². The molecule has 1 amide bonds. The van der Waals surface area contributed by atoms with Crippen LogP contribution in [-0.4, -0.2) is 11.7 Å². The Morgan fingerprint density at radius 2 is 2.05 bits per heavy atom. The SMILES string of the molecule is C=[C-]NC(=O)[C-]=Cc1ccc(-c2cccc(C(C)=O)c2)o1.[Y]. The molecule has 0 aliphatic carbocycles. The molecule has 2 rings (SSSR count). The van der Waals surface area contributed by atoms with E-state index in [-0.39, 0.29) is 38.5 Å². The number of carbonyl (C=O) groups is 2. The number of Topliss-reactive ketones (excluding diaryl/α,β-unsaturated/α-hetero) is 1. The second-order valence-electron chi connectivity index (χ2n) is 4.26. The first-order valence-electron chi connectivity index (χ1n) is 6.23. The minimum Gasteiger partial charge on any atom is -0.545 e. The third-order valence-electron chi connectivity index (χ3n) is 2.73. The molecule has 1 radical (unpaired) electrons. The monoisotopic (exact) mass is 368 g/mol. The standard InChI is InChI=1S/C17H13NO3.Y/c1-3-18-17(20)10-8-15-7-9-16(21-15)14-6-4-5-13(11-14)12(2)19;/h4-9,11H,1H2,2H3,(H,18,20);/q-2;. The average molecular weight is 368 g/mol. The number of nitrogens with one attached hydrogen (secondary N) is 1. The normalized spacial score (nSPS) is 10.0. The molecule has 0 atom stereocenters. The van der Waals surface area contributed by atoms with Crippen molar-refractivity contribution in [2.75, 3.05) is 0 Å². The molecule has 22 heavy (non-hydrogen) atoms. The summed E-state index contributed by atoms with van der Waals surface area (Å²) in [5.74, 6) is 0.634. The molecule has 1 aromatic carbocycles. The fraction of sp³-hybridized carbons (Fsp3) is 0.0588. The van der Waals surface area contributed by atoms with Gasteiger partial charge in [-0.25, -0.2) is 6.08 Å². The third kappa shape index (κ3) is 4.90. The van der Waals surface area contributed by atoms with E-state index in [1.165, 1.54) is 13.0 Å². The van der Waals surface area contributed by atoms with Crippen molar-refractivity contribution in [2.24, 2.45) is 0 Å². The molecule has 0 fully saturated rings. The van der Waals surface area contributed by atoms with E-state index in [9.17, 15) is 9.59 Å². The summed E-state index contributed by atoms with van der Waals surface area (Å²) < 4.78 is 5.59. The van der Waals surface area contributed by atoms with E-state index in [0.717, 1.165) is 5.56 Å². The van der Waals surface area contributed by atoms with Crippen molar-refractivity contribution in [1.82, 2.24) is 5.32 Å². The maximum absolute atomic E-state index is 11.4.